The molecular weight excluding hydrogens is 846 g/mol. The van der Waals surface area contributed by atoms with E-state index in [0.717, 1.165) is 22.3 Å². The van der Waals surface area contributed by atoms with Crippen molar-refractivity contribution >= 4 is 65.9 Å². The Morgan fingerprint density at radius 1 is 0.857 bits per heavy atom. The molecule has 7 amide bonds. The van der Waals surface area contributed by atoms with Crippen molar-refractivity contribution in [2.45, 2.75) is 95.1 Å². The molecule has 5 rings (SSSR count). The topological polar surface area (TPSA) is 226 Å². The molecule has 2 aliphatic rings. The summed E-state index contributed by atoms with van der Waals surface area (Å²) in [6.45, 7) is 7.57. The molecule has 1 heterocycles. The molecule has 1 aliphatic heterocycles. The van der Waals surface area contributed by atoms with E-state index in [0.29, 0.717) is 12.0 Å². The second-order valence-corrected chi connectivity index (χ2v) is 18.4. The minimum absolute atomic E-state index is 0.0317. The molecule has 0 radical (unpaired) electrons. The molecule has 6 N–H and O–H groups in total. The van der Waals surface area contributed by atoms with Gasteiger partial charge in [-0.2, -0.15) is 5.10 Å². The third-order valence-electron chi connectivity index (χ3n) is 10.2. The van der Waals surface area contributed by atoms with Crippen molar-refractivity contribution in [1.82, 2.24) is 36.9 Å². The number of hydrogen-bond donors (Lipinski definition) is 6. The van der Waals surface area contributed by atoms with E-state index in [4.69, 9.17) is 9.47 Å². The summed E-state index contributed by atoms with van der Waals surface area (Å²) in [5.74, 6) is -2.79. The maximum absolute atomic E-state index is 14.3. The van der Waals surface area contributed by atoms with Crippen molar-refractivity contribution in [3.8, 4) is 11.1 Å². The van der Waals surface area contributed by atoms with Gasteiger partial charge >= 0.3 is 18.2 Å². The van der Waals surface area contributed by atoms with E-state index >= 15 is 0 Å². The average molecular weight is 903 g/mol. The fourth-order valence-electron chi connectivity index (χ4n) is 7.46. The Bertz CT molecular complexity index is 2160. The van der Waals surface area contributed by atoms with Gasteiger partial charge < -0.3 is 36.1 Å². The lowest BCUT2D eigenvalue weighted by Gasteiger charge is -2.29. The Hall–Kier alpha value is -5.92. The van der Waals surface area contributed by atoms with E-state index in [1.54, 1.807) is 58.0 Å². The Morgan fingerprint density at radius 3 is 2.06 bits per heavy atom. The number of fused-ring (bicyclic) bond motifs is 3. The number of carbonyl (C=O) groups excluding carboxylic acids is 7. The molecule has 6 atom stereocenters. The number of likely N-dealkylation sites (tertiary alicyclic amines) is 1. The number of amides is 7. The van der Waals surface area contributed by atoms with Crippen LogP contribution in [0.1, 0.15) is 82.5 Å². The highest BCUT2D eigenvalue weighted by Gasteiger charge is 2.43. The van der Waals surface area contributed by atoms with Gasteiger partial charge in [0.05, 0.1) is 24.2 Å². The summed E-state index contributed by atoms with van der Waals surface area (Å²) in [7, 11) is 4.70. The Morgan fingerprint density at radius 2 is 1.48 bits per heavy atom. The Balaban J connectivity index is 1.31. The second-order valence-electron chi connectivity index (χ2n) is 16.2. The molecule has 1 saturated heterocycles. The maximum Gasteiger partial charge on any atom is 0.411 e. The van der Waals surface area contributed by atoms with Crippen LogP contribution in [0.2, 0.25) is 0 Å². The summed E-state index contributed by atoms with van der Waals surface area (Å²) in [5, 5.41) is 17.3. The van der Waals surface area contributed by atoms with Gasteiger partial charge in [-0.25, -0.2) is 19.8 Å². The Labute approximate surface area is 371 Å². The number of rotatable bonds is 16. The molecule has 1 aliphatic carbocycles. The lowest BCUT2D eigenvalue weighted by molar-refractivity contribution is -0.127. The van der Waals surface area contributed by atoms with E-state index in [1.165, 1.54) is 11.8 Å². The molecule has 0 aromatic heterocycles. The number of hydrogen-bond acceptors (Lipinski definition) is 10. The minimum Gasteiger partial charge on any atom is -0.449 e. The van der Waals surface area contributed by atoms with Gasteiger partial charge in [-0.05, 0) is 68.4 Å². The molecule has 0 bridgehead atoms. The predicted octanol–water partition coefficient (Wildman–Crippen LogP) is 4.44. The van der Waals surface area contributed by atoms with Crippen molar-refractivity contribution in [2.75, 3.05) is 19.7 Å². The van der Waals surface area contributed by atoms with Crippen LogP contribution in [-0.2, 0) is 28.7 Å². The molecule has 0 saturated carbocycles. The first-order valence-electron chi connectivity index (χ1n) is 20.6. The van der Waals surface area contributed by atoms with Crippen LogP contribution in [0, 0.1) is 0 Å². The zero-order valence-corrected chi connectivity index (χ0v) is 38.2. The molecular formula is C44H56N8O9P2. The van der Waals surface area contributed by atoms with Crippen LogP contribution < -0.4 is 32.0 Å². The highest BCUT2D eigenvalue weighted by molar-refractivity contribution is 7.37. The molecule has 1 fully saturated rings. The van der Waals surface area contributed by atoms with E-state index in [1.807, 2.05) is 48.5 Å². The summed E-state index contributed by atoms with van der Waals surface area (Å²) in [6, 6.07) is 19.7. The van der Waals surface area contributed by atoms with Crippen LogP contribution in [-0.4, -0.2) is 101 Å². The molecule has 336 valence electrons. The SMILES string of the molecule is CCC[C@H](NC(=O)C1C[C@@H](NC(=O)OCC2c3ccccc3-c3ccccc32)CN1C(=O)OC(C)(C)C)C(=NNC(=O)NC(P)P)C(=O)NCC(=O)N[C@H](C(C)=O)c1ccccc1. The number of hydrazone groups is 1. The summed E-state index contributed by atoms with van der Waals surface area (Å²) >= 11 is 0. The van der Waals surface area contributed by atoms with Gasteiger partial charge in [0.2, 0.25) is 11.8 Å². The average Bonchev–Trinajstić information content (AvgIpc) is 3.80. The fourth-order valence-corrected chi connectivity index (χ4v) is 7.76. The van der Waals surface area contributed by atoms with Gasteiger partial charge in [-0.15, -0.1) is 18.5 Å². The number of carbonyl (C=O) groups is 7. The number of nitrogens with one attached hydrogen (secondary N) is 6. The molecule has 3 unspecified atom stereocenters. The molecule has 19 heteroatoms. The number of alkyl carbamates (subject to hydrolysis) is 1. The van der Waals surface area contributed by atoms with Gasteiger partial charge in [0.25, 0.3) is 5.91 Å². The van der Waals surface area contributed by atoms with Gasteiger partial charge in [-0.1, -0.05) is 92.2 Å². The molecule has 17 nitrogen and oxygen atoms in total. The number of nitrogens with zero attached hydrogens (tertiary/aromatic N) is 2. The van der Waals surface area contributed by atoms with Crippen LogP contribution in [0.15, 0.2) is 84.0 Å². The highest BCUT2D eigenvalue weighted by Crippen LogP contribution is 2.44. The van der Waals surface area contributed by atoms with Crippen LogP contribution >= 0.6 is 18.5 Å². The van der Waals surface area contributed by atoms with Crippen molar-refractivity contribution in [1.29, 1.82) is 0 Å². The van der Waals surface area contributed by atoms with Gasteiger partial charge in [-0.3, -0.25) is 24.1 Å². The largest absolute Gasteiger partial charge is 0.449 e. The lowest BCUT2D eigenvalue weighted by Crippen LogP contribution is -2.55. The standard InChI is InChI=1S/C44H56N8O9P2/c1-6-14-33(37(50-51-40(57)49-42(62)63)39(56)45-22-35(54)48-36(25(2)53)26-15-8-7-9-16-26)47-38(55)34-21-27(23-52(34)43(59)61-44(3,4)5)46-41(58)60-24-32-30-19-12-10-17-28(30)29-18-11-13-20-31(29)32/h7-13,15-20,27,32-34,36,42H,6,14,21-24,62-63H2,1-5H3,(H,45,56)(H,46,58)(H,47,55)(H,48,54)(H2,49,51,57)/t27-,33+,34?,36-/m1/s1. The first kappa shape index (κ1) is 48.1. The number of urea groups is 1. The summed E-state index contributed by atoms with van der Waals surface area (Å²) < 4.78 is 11.4. The third-order valence-corrected chi connectivity index (χ3v) is 10.5. The predicted molar refractivity (Wildman–Crippen MR) is 244 cm³/mol. The monoisotopic (exact) mass is 902 g/mol. The van der Waals surface area contributed by atoms with Gasteiger partial charge in [0.1, 0.15) is 30.0 Å². The van der Waals surface area contributed by atoms with Crippen molar-refractivity contribution in [2.24, 2.45) is 5.10 Å². The third kappa shape index (κ3) is 13.3. The van der Waals surface area contributed by atoms with Crippen LogP contribution in [0.4, 0.5) is 14.4 Å². The van der Waals surface area contributed by atoms with Gasteiger partial charge in [0.15, 0.2) is 5.78 Å². The minimum atomic E-state index is -1.18. The van der Waals surface area contributed by atoms with Crippen LogP contribution in [0.25, 0.3) is 11.1 Å². The number of Topliss-reactive ketones (excluding diaryl/α,β-unsaturated/α-hetero) is 1. The van der Waals surface area contributed by atoms with E-state index < -0.39 is 77.8 Å². The zero-order valence-electron chi connectivity index (χ0n) is 35.9. The van der Waals surface area contributed by atoms with E-state index in [-0.39, 0.29) is 43.4 Å². The number of ether oxygens (including phenoxy) is 2. The molecule has 3 aromatic carbocycles. The summed E-state index contributed by atoms with van der Waals surface area (Å²) in [4.78, 5) is 94.3. The Kier molecular flexibility index (Phi) is 16.7. The second kappa shape index (κ2) is 21.9. The smallest absolute Gasteiger partial charge is 0.411 e. The summed E-state index contributed by atoms with van der Waals surface area (Å²) in [5.41, 5.74) is 5.34. The highest BCUT2D eigenvalue weighted by atomic mass is 31.1. The van der Waals surface area contributed by atoms with Gasteiger partial charge in [0, 0.05) is 12.5 Å². The molecule has 0 spiro atoms. The first-order chi connectivity index (χ1) is 29.9. The molecule has 3 aromatic rings. The quantitative estimate of drug-likeness (QED) is 0.0678. The van der Waals surface area contributed by atoms with E-state index in [2.05, 4.69) is 55.6 Å². The summed E-state index contributed by atoms with van der Waals surface area (Å²) in [6.07, 6.45) is -0.994. The van der Waals surface area contributed by atoms with Crippen molar-refractivity contribution in [3.63, 3.8) is 0 Å². The number of benzene rings is 3. The van der Waals surface area contributed by atoms with Crippen LogP contribution in [0.3, 0.4) is 0 Å². The van der Waals surface area contributed by atoms with Crippen molar-refractivity contribution in [3.05, 3.63) is 95.6 Å². The first-order valence-corrected chi connectivity index (χ1v) is 22.0. The number of ketones is 1. The van der Waals surface area contributed by atoms with Crippen molar-refractivity contribution < 1.29 is 43.0 Å². The van der Waals surface area contributed by atoms with E-state index in [9.17, 15) is 33.6 Å². The zero-order chi connectivity index (χ0) is 45.8. The normalized spacial score (nSPS) is 16.8. The van der Waals surface area contributed by atoms with Crippen LogP contribution in [0.5, 0.6) is 0 Å². The lowest BCUT2D eigenvalue weighted by atomic mass is 9.98. The molecule has 63 heavy (non-hydrogen) atoms. The maximum atomic E-state index is 14.3. The fraction of sp³-hybridized carbons (Fsp3) is 0.409.